The van der Waals surface area contributed by atoms with E-state index in [9.17, 15) is 4.79 Å². The van der Waals surface area contributed by atoms with Gasteiger partial charge in [0.15, 0.2) is 0 Å². The fourth-order valence-corrected chi connectivity index (χ4v) is 3.16. The van der Waals surface area contributed by atoms with Gasteiger partial charge in [-0.25, -0.2) is 4.52 Å². The lowest BCUT2D eigenvalue weighted by molar-refractivity contribution is 0.627. The highest BCUT2D eigenvalue weighted by Crippen LogP contribution is 2.17. The molecule has 0 saturated carbocycles. The molecule has 4 rings (SSSR count). The summed E-state index contributed by atoms with van der Waals surface area (Å²) >= 11 is 0. The minimum atomic E-state index is 0.0218. The summed E-state index contributed by atoms with van der Waals surface area (Å²) in [4.78, 5) is 13.1. The standard InChI is InChI=1S/C20H19N3O/c1-2-8-19-21-23-17-12-7-6-11-16(17)13-18(23)20(24)22(19)14-15-9-4-3-5-10-15/h3-7,9-13H,2,8,14H2,1H3. The van der Waals surface area contributed by atoms with E-state index in [1.807, 2.05) is 65.2 Å². The van der Waals surface area contributed by atoms with Crippen LogP contribution in [-0.2, 0) is 13.0 Å². The van der Waals surface area contributed by atoms with Crippen molar-refractivity contribution >= 4 is 16.4 Å². The van der Waals surface area contributed by atoms with Gasteiger partial charge in [-0.2, -0.15) is 5.10 Å². The summed E-state index contributed by atoms with van der Waals surface area (Å²) in [5.74, 6) is 0.834. The van der Waals surface area contributed by atoms with Crippen LogP contribution in [0.1, 0.15) is 24.7 Å². The number of aryl methyl sites for hydroxylation is 1. The third kappa shape index (κ3) is 2.40. The number of nitrogens with zero attached hydrogens (tertiary/aromatic N) is 3. The second kappa shape index (κ2) is 5.96. The van der Waals surface area contributed by atoms with Crippen molar-refractivity contribution in [1.82, 2.24) is 14.2 Å². The van der Waals surface area contributed by atoms with E-state index in [-0.39, 0.29) is 5.56 Å². The Morgan fingerprint density at radius 2 is 1.71 bits per heavy atom. The largest absolute Gasteiger partial charge is 0.289 e. The van der Waals surface area contributed by atoms with Crippen LogP contribution in [0.15, 0.2) is 65.5 Å². The van der Waals surface area contributed by atoms with Gasteiger partial charge >= 0.3 is 0 Å². The van der Waals surface area contributed by atoms with Crippen LogP contribution in [0.2, 0.25) is 0 Å². The summed E-state index contributed by atoms with van der Waals surface area (Å²) < 4.78 is 3.61. The number of para-hydroxylation sites is 1. The van der Waals surface area contributed by atoms with Crippen LogP contribution >= 0.6 is 0 Å². The molecule has 0 radical (unpaired) electrons. The number of benzene rings is 2. The van der Waals surface area contributed by atoms with Crippen LogP contribution < -0.4 is 5.56 Å². The number of aromatic nitrogens is 3. The van der Waals surface area contributed by atoms with Gasteiger partial charge in [-0.15, -0.1) is 0 Å². The highest BCUT2D eigenvalue weighted by Gasteiger charge is 2.14. The molecule has 0 bridgehead atoms. The summed E-state index contributed by atoms with van der Waals surface area (Å²) in [6, 6.07) is 20.0. The van der Waals surface area contributed by atoms with Crippen molar-refractivity contribution in [3.63, 3.8) is 0 Å². The maximum absolute atomic E-state index is 13.1. The lowest BCUT2D eigenvalue weighted by Crippen LogP contribution is -2.28. The summed E-state index contributed by atoms with van der Waals surface area (Å²) in [5.41, 5.74) is 2.74. The maximum Gasteiger partial charge on any atom is 0.278 e. The molecular weight excluding hydrogens is 298 g/mol. The predicted molar refractivity (Wildman–Crippen MR) is 96.5 cm³/mol. The summed E-state index contributed by atoms with van der Waals surface area (Å²) in [6.07, 6.45) is 1.73. The highest BCUT2D eigenvalue weighted by molar-refractivity contribution is 5.86. The lowest BCUT2D eigenvalue weighted by atomic mass is 10.2. The number of fused-ring (bicyclic) bond motifs is 3. The van der Waals surface area contributed by atoms with E-state index in [4.69, 9.17) is 5.10 Å². The Hall–Kier alpha value is -2.88. The van der Waals surface area contributed by atoms with E-state index >= 15 is 0 Å². The van der Waals surface area contributed by atoms with E-state index < -0.39 is 0 Å². The molecule has 2 aromatic carbocycles. The second-order valence-electron chi connectivity index (χ2n) is 6.04. The molecule has 0 aliphatic carbocycles. The van der Waals surface area contributed by atoms with Gasteiger partial charge in [0.1, 0.15) is 11.3 Å². The molecule has 0 unspecified atom stereocenters. The molecule has 4 heteroatoms. The number of hydrogen-bond acceptors (Lipinski definition) is 2. The number of hydrogen-bond donors (Lipinski definition) is 0. The minimum Gasteiger partial charge on any atom is -0.289 e. The third-order valence-electron chi connectivity index (χ3n) is 4.33. The molecule has 0 N–H and O–H groups in total. The van der Waals surface area contributed by atoms with Crippen molar-refractivity contribution in [3.05, 3.63) is 82.4 Å². The third-order valence-corrected chi connectivity index (χ3v) is 4.33. The Labute approximate surface area is 140 Å². The van der Waals surface area contributed by atoms with Gasteiger partial charge in [-0.1, -0.05) is 55.5 Å². The van der Waals surface area contributed by atoms with Crippen LogP contribution in [0.25, 0.3) is 16.4 Å². The summed E-state index contributed by atoms with van der Waals surface area (Å²) in [6.45, 7) is 2.66. The highest BCUT2D eigenvalue weighted by atomic mass is 16.1. The van der Waals surface area contributed by atoms with E-state index in [1.165, 1.54) is 0 Å². The van der Waals surface area contributed by atoms with Crippen molar-refractivity contribution in [2.75, 3.05) is 0 Å². The first-order valence-electron chi connectivity index (χ1n) is 8.32. The molecule has 0 spiro atoms. The zero-order valence-electron chi connectivity index (χ0n) is 13.6. The van der Waals surface area contributed by atoms with Gasteiger partial charge in [-0.3, -0.25) is 9.36 Å². The van der Waals surface area contributed by atoms with E-state index in [0.29, 0.717) is 12.1 Å². The van der Waals surface area contributed by atoms with Crippen molar-refractivity contribution < 1.29 is 0 Å². The molecule has 120 valence electrons. The zero-order valence-corrected chi connectivity index (χ0v) is 13.6. The molecular formula is C20H19N3O. The van der Waals surface area contributed by atoms with E-state index in [0.717, 1.165) is 35.1 Å². The van der Waals surface area contributed by atoms with Crippen LogP contribution in [0.5, 0.6) is 0 Å². The Morgan fingerprint density at radius 3 is 2.50 bits per heavy atom. The normalized spacial score (nSPS) is 11.4. The molecule has 0 aliphatic rings. The smallest absolute Gasteiger partial charge is 0.278 e. The summed E-state index contributed by atoms with van der Waals surface area (Å²) in [7, 11) is 0. The molecule has 2 heterocycles. The predicted octanol–water partition coefficient (Wildman–Crippen LogP) is 3.65. The first-order chi connectivity index (χ1) is 11.8. The van der Waals surface area contributed by atoms with Crippen LogP contribution in [0, 0.1) is 0 Å². The minimum absolute atomic E-state index is 0.0218. The Bertz CT molecular complexity index is 1060. The van der Waals surface area contributed by atoms with Crippen LogP contribution in [0.3, 0.4) is 0 Å². The van der Waals surface area contributed by atoms with Gasteiger partial charge < -0.3 is 0 Å². The molecule has 0 atom stereocenters. The van der Waals surface area contributed by atoms with Crippen molar-refractivity contribution in [1.29, 1.82) is 0 Å². The average Bonchev–Trinajstić information content (AvgIpc) is 2.98. The second-order valence-corrected chi connectivity index (χ2v) is 6.04. The van der Waals surface area contributed by atoms with E-state index in [2.05, 4.69) is 6.92 Å². The SMILES string of the molecule is CCCc1nn2c(cc3ccccc32)c(=O)n1Cc1ccccc1. The van der Waals surface area contributed by atoms with Gasteiger partial charge in [0, 0.05) is 11.8 Å². The van der Waals surface area contributed by atoms with Crippen molar-refractivity contribution in [2.24, 2.45) is 0 Å². The fraction of sp³-hybridized carbons (Fsp3) is 0.200. The molecule has 0 aliphatic heterocycles. The average molecular weight is 317 g/mol. The Morgan fingerprint density at radius 1 is 0.958 bits per heavy atom. The monoisotopic (exact) mass is 317 g/mol. The van der Waals surface area contributed by atoms with Crippen molar-refractivity contribution in [2.45, 2.75) is 26.3 Å². The first-order valence-corrected chi connectivity index (χ1v) is 8.32. The molecule has 4 aromatic rings. The van der Waals surface area contributed by atoms with Crippen LogP contribution in [0.4, 0.5) is 0 Å². The Kier molecular flexibility index (Phi) is 3.65. The number of rotatable bonds is 4. The lowest BCUT2D eigenvalue weighted by Gasteiger charge is -2.12. The van der Waals surface area contributed by atoms with Gasteiger partial charge in [0.25, 0.3) is 5.56 Å². The van der Waals surface area contributed by atoms with E-state index in [1.54, 1.807) is 4.52 Å². The maximum atomic E-state index is 13.1. The molecule has 2 aromatic heterocycles. The molecule has 0 saturated heterocycles. The summed E-state index contributed by atoms with van der Waals surface area (Å²) in [5, 5.41) is 5.83. The first kappa shape index (κ1) is 14.7. The van der Waals surface area contributed by atoms with Gasteiger partial charge in [-0.05, 0) is 24.1 Å². The molecule has 24 heavy (non-hydrogen) atoms. The zero-order chi connectivity index (χ0) is 16.5. The topological polar surface area (TPSA) is 39.3 Å². The molecule has 0 amide bonds. The van der Waals surface area contributed by atoms with Gasteiger partial charge in [0.2, 0.25) is 0 Å². The van der Waals surface area contributed by atoms with Crippen LogP contribution in [-0.4, -0.2) is 14.2 Å². The quantitative estimate of drug-likeness (QED) is 0.576. The molecule has 0 fully saturated rings. The molecule has 4 nitrogen and oxygen atoms in total. The van der Waals surface area contributed by atoms with Gasteiger partial charge in [0.05, 0.1) is 12.1 Å². The van der Waals surface area contributed by atoms with Crippen molar-refractivity contribution in [3.8, 4) is 0 Å². The Balaban J connectivity index is 1.97. The fourth-order valence-electron chi connectivity index (χ4n) is 3.16.